The number of hydrazine groups is 1. The van der Waals surface area contributed by atoms with Crippen molar-refractivity contribution in [1.82, 2.24) is 5.43 Å². The van der Waals surface area contributed by atoms with Crippen molar-refractivity contribution < 1.29 is 0 Å². The van der Waals surface area contributed by atoms with Crippen LogP contribution in [0.2, 0.25) is 0 Å². The van der Waals surface area contributed by atoms with E-state index >= 15 is 0 Å². The second-order valence-corrected chi connectivity index (χ2v) is 1.75. The van der Waals surface area contributed by atoms with Gasteiger partial charge >= 0.3 is 0 Å². The van der Waals surface area contributed by atoms with Crippen LogP contribution < -0.4 is 17.0 Å². The van der Waals surface area contributed by atoms with Crippen LogP contribution in [0.15, 0.2) is 0 Å². The molecule has 3 nitrogen and oxygen atoms in total. The van der Waals surface area contributed by atoms with Gasteiger partial charge in [0.25, 0.3) is 0 Å². The van der Waals surface area contributed by atoms with Crippen molar-refractivity contribution >= 4 is 0 Å². The third-order valence-corrected chi connectivity index (χ3v) is 0.869. The molecule has 3 heteroatoms. The maximum absolute atomic E-state index is 5.26. The molecule has 0 rings (SSSR count). The fraction of sp³-hybridized carbons (Fsp3) is 1.00. The predicted molar refractivity (Wildman–Crippen MR) is 30.4 cm³/mol. The Labute approximate surface area is 44.0 Å². The second-order valence-electron chi connectivity index (χ2n) is 1.75. The monoisotopic (exact) mass is 103 g/mol. The molecule has 0 aromatic carbocycles. The molecule has 0 aliphatic carbocycles. The number of rotatable bonds is 3. The standard InChI is InChI=1S/C4H13N3/c1-4(2-5)3-7-6/h4,7H,2-3,5-6H2,1H3. The summed E-state index contributed by atoms with van der Waals surface area (Å²) in [5.41, 5.74) is 7.80. The fourth-order valence-electron chi connectivity index (χ4n) is 0.285. The average Bonchev–Trinajstić information content (AvgIpc) is 1.68. The van der Waals surface area contributed by atoms with Crippen molar-refractivity contribution in [3.8, 4) is 0 Å². The van der Waals surface area contributed by atoms with Gasteiger partial charge in [-0.05, 0) is 12.5 Å². The van der Waals surface area contributed by atoms with Gasteiger partial charge in [-0.25, -0.2) is 0 Å². The molecular weight excluding hydrogens is 90.1 g/mol. The second kappa shape index (κ2) is 4.05. The summed E-state index contributed by atoms with van der Waals surface area (Å²) < 4.78 is 0. The molecule has 5 N–H and O–H groups in total. The zero-order valence-electron chi connectivity index (χ0n) is 4.65. The van der Waals surface area contributed by atoms with E-state index < -0.39 is 0 Å². The molecule has 1 atom stereocenters. The molecule has 0 aliphatic heterocycles. The Balaban J connectivity index is 2.83. The summed E-state index contributed by atoms with van der Waals surface area (Å²) in [6.45, 7) is 3.54. The van der Waals surface area contributed by atoms with Crippen molar-refractivity contribution in [2.45, 2.75) is 6.92 Å². The van der Waals surface area contributed by atoms with E-state index in [0.717, 1.165) is 6.54 Å². The number of hydrogen-bond donors (Lipinski definition) is 3. The van der Waals surface area contributed by atoms with Crippen LogP contribution in [0, 0.1) is 5.92 Å². The molecule has 0 fully saturated rings. The van der Waals surface area contributed by atoms with Gasteiger partial charge in [0.05, 0.1) is 0 Å². The zero-order valence-corrected chi connectivity index (χ0v) is 4.65. The van der Waals surface area contributed by atoms with E-state index in [1.54, 1.807) is 0 Å². The first-order valence-corrected chi connectivity index (χ1v) is 2.44. The number of nitrogens with one attached hydrogen (secondary N) is 1. The fourth-order valence-corrected chi connectivity index (χ4v) is 0.285. The molecule has 0 aliphatic rings. The van der Waals surface area contributed by atoms with Gasteiger partial charge in [-0.2, -0.15) is 0 Å². The quantitative estimate of drug-likeness (QED) is 0.318. The Morgan fingerprint density at radius 2 is 2.29 bits per heavy atom. The molecule has 0 saturated carbocycles. The van der Waals surface area contributed by atoms with Crippen LogP contribution in [0.4, 0.5) is 0 Å². The number of nitrogens with two attached hydrogens (primary N) is 2. The van der Waals surface area contributed by atoms with E-state index in [0.29, 0.717) is 12.5 Å². The lowest BCUT2D eigenvalue weighted by Crippen LogP contribution is -2.30. The molecule has 44 valence electrons. The van der Waals surface area contributed by atoms with Crippen molar-refractivity contribution in [1.29, 1.82) is 0 Å². The van der Waals surface area contributed by atoms with E-state index in [-0.39, 0.29) is 0 Å². The lowest BCUT2D eigenvalue weighted by Gasteiger charge is -2.03. The molecule has 7 heavy (non-hydrogen) atoms. The Bertz CT molecular complexity index is 37.9. The molecule has 0 aromatic rings. The highest BCUT2D eigenvalue weighted by molar-refractivity contribution is 4.51. The first kappa shape index (κ1) is 6.88. The summed E-state index contributed by atoms with van der Waals surface area (Å²) in [5.74, 6) is 5.49. The van der Waals surface area contributed by atoms with E-state index in [4.69, 9.17) is 11.6 Å². The van der Waals surface area contributed by atoms with Crippen molar-refractivity contribution in [3.05, 3.63) is 0 Å². The van der Waals surface area contributed by atoms with Crippen molar-refractivity contribution in [3.63, 3.8) is 0 Å². The normalized spacial score (nSPS) is 14.1. The maximum Gasteiger partial charge on any atom is 0.0135 e. The highest BCUT2D eigenvalue weighted by Crippen LogP contribution is 1.83. The lowest BCUT2D eigenvalue weighted by atomic mass is 10.2. The first-order valence-electron chi connectivity index (χ1n) is 2.44. The maximum atomic E-state index is 5.26. The van der Waals surface area contributed by atoms with Gasteiger partial charge in [-0.1, -0.05) is 6.92 Å². The van der Waals surface area contributed by atoms with Gasteiger partial charge in [0, 0.05) is 6.54 Å². The van der Waals surface area contributed by atoms with E-state index in [1.165, 1.54) is 0 Å². The summed E-state index contributed by atoms with van der Waals surface area (Å²) in [7, 11) is 0. The minimum absolute atomic E-state index is 0.491. The van der Waals surface area contributed by atoms with Crippen molar-refractivity contribution in [2.24, 2.45) is 17.5 Å². The van der Waals surface area contributed by atoms with Crippen LogP contribution in [-0.4, -0.2) is 13.1 Å². The van der Waals surface area contributed by atoms with Gasteiger partial charge in [-0.15, -0.1) is 0 Å². The molecule has 1 unspecified atom stereocenters. The SMILES string of the molecule is CC(CN)CNN. The third-order valence-electron chi connectivity index (χ3n) is 0.869. The van der Waals surface area contributed by atoms with Crippen LogP contribution in [0.3, 0.4) is 0 Å². The van der Waals surface area contributed by atoms with Crippen LogP contribution >= 0.6 is 0 Å². The molecule has 0 amide bonds. The summed E-state index contributed by atoms with van der Waals surface area (Å²) in [6, 6.07) is 0. The topological polar surface area (TPSA) is 64.1 Å². The van der Waals surface area contributed by atoms with Crippen LogP contribution in [0.1, 0.15) is 6.92 Å². The molecule has 0 radical (unpaired) electrons. The summed E-state index contributed by atoms with van der Waals surface area (Å²) in [6.07, 6.45) is 0. The molecule has 0 bridgehead atoms. The summed E-state index contributed by atoms with van der Waals surface area (Å²) in [5, 5.41) is 0. The van der Waals surface area contributed by atoms with Gasteiger partial charge in [0.1, 0.15) is 0 Å². The van der Waals surface area contributed by atoms with Gasteiger partial charge < -0.3 is 5.73 Å². The highest BCUT2D eigenvalue weighted by Gasteiger charge is 1.92. The smallest absolute Gasteiger partial charge is 0.0135 e. The minimum atomic E-state index is 0.491. The third kappa shape index (κ3) is 3.72. The van der Waals surface area contributed by atoms with Crippen molar-refractivity contribution in [2.75, 3.05) is 13.1 Å². The largest absolute Gasteiger partial charge is 0.330 e. The highest BCUT2D eigenvalue weighted by atomic mass is 15.2. The Kier molecular flexibility index (Phi) is 3.98. The Hall–Kier alpha value is -0.120. The Morgan fingerprint density at radius 3 is 2.43 bits per heavy atom. The molecule has 0 heterocycles. The average molecular weight is 103 g/mol. The van der Waals surface area contributed by atoms with Gasteiger partial charge in [0.2, 0.25) is 0 Å². The molecular formula is C4H13N3. The number of hydrogen-bond acceptors (Lipinski definition) is 3. The van der Waals surface area contributed by atoms with Gasteiger partial charge in [-0.3, -0.25) is 11.3 Å². The van der Waals surface area contributed by atoms with E-state index in [9.17, 15) is 0 Å². The van der Waals surface area contributed by atoms with Crippen LogP contribution in [0.25, 0.3) is 0 Å². The molecule has 0 aromatic heterocycles. The van der Waals surface area contributed by atoms with E-state index in [1.807, 2.05) is 6.92 Å². The van der Waals surface area contributed by atoms with E-state index in [2.05, 4.69) is 5.43 Å². The zero-order chi connectivity index (χ0) is 5.70. The summed E-state index contributed by atoms with van der Waals surface area (Å²) in [4.78, 5) is 0. The van der Waals surface area contributed by atoms with Crippen LogP contribution in [-0.2, 0) is 0 Å². The first-order chi connectivity index (χ1) is 3.31. The molecule has 0 spiro atoms. The van der Waals surface area contributed by atoms with Gasteiger partial charge in [0.15, 0.2) is 0 Å². The predicted octanol–water partition coefficient (Wildman–Crippen LogP) is -0.955. The Morgan fingerprint density at radius 1 is 1.71 bits per heavy atom. The molecule has 0 saturated heterocycles. The minimum Gasteiger partial charge on any atom is -0.330 e. The summed E-state index contributed by atoms with van der Waals surface area (Å²) >= 11 is 0. The lowest BCUT2D eigenvalue weighted by molar-refractivity contribution is 0.534. The van der Waals surface area contributed by atoms with Crippen LogP contribution in [0.5, 0.6) is 0 Å².